The van der Waals surface area contributed by atoms with E-state index in [1.807, 2.05) is 32.0 Å². The van der Waals surface area contributed by atoms with Crippen molar-refractivity contribution in [3.05, 3.63) is 58.1 Å². The number of hydrogen-bond acceptors (Lipinski definition) is 3. The van der Waals surface area contributed by atoms with E-state index >= 15 is 0 Å². The zero-order valence-electron chi connectivity index (χ0n) is 13.9. The van der Waals surface area contributed by atoms with E-state index in [4.69, 9.17) is 11.6 Å². The zero-order valence-corrected chi connectivity index (χ0v) is 15.5. The average molecular weight is 367 g/mol. The van der Waals surface area contributed by atoms with Gasteiger partial charge >= 0.3 is 0 Å². The Morgan fingerprint density at radius 3 is 2.17 bits per heavy atom. The van der Waals surface area contributed by atoms with Crippen molar-refractivity contribution < 1.29 is 13.2 Å². The summed E-state index contributed by atoms with van der Waals surface area (Å²) in [5, 5.41) is 2.99. The van der Waals surface area contributed by atoms with Crippen LogP contribution in [0.2, 0.25) is 5.02 Å². The third-order valence-electron chi connectivity index (χ3n) is 3.54. The molecule has 2 aromatic rings. The van der Waals surface area contributed by atoms with Crippen molar-refractivity contribution in [3.8, 4) is 0 Å². The molecule has 0 saturated carbocycles. The largest absolute Gasteiger partial charge is 0.322 e. The minimum atomic E-state index is -3.39. The highest BCUT2D eigenvalue weighted by Crippen LogP contribution is 2.25. The first-order chi connectivity index (χ1) is 11.1. The second-order valence-electron chi connectivity index (χ2n) is 5.73. The summed E-state index contributed by atoms with van der Waals surface area (Å²) >= 11 is 6.16. The molecule has 2 rings (SSSR count). The molecule has 24 heavy (non-hydrogen) atoms. The first kappa shape index (κ1) is 18.3. The van der Waals surface area contributed by atoms with Gasteiger partial charge in [0.25, 0.3) is 5.91 Å². The Balaban J connectivity index is 2.27. The van der Waals surface area contributed by atoms with Gasteiger partial charge in [0, 0.05) is 12.7 Å². The van der Waals surface area contributed by atoms with Crippen LogP contribution in [0.5, 0.6) is 0 Å². The van der Waals surface area contributed by atoms with Crippen molar-refractivity contribution in [3.63, 3.8) is 0 Å². The Labute approximate surface area is 147 Å². The number of carbonyl (C=O) groups excluding carboxylic acids is 1. The third kappa shape index (κ3) is 4.27. The number of halogens is 1. The van der Waals surface area contributed by atoms with Crippen LogP contribution in [0.3, 0.4) is 0 Å². The minimum absolute atomic E-state index is 0.185. The van der Waals surface area contributed by atoms with Gasteiger partial charge in [-0.3, -0.25) is 9.10 Å². The van der Waals surface area contributed by atoms with E-state index in [9.17, 15) is 13.2 Å². The van der Waals surface area contributed by atoms with Crippen molar-refractivity contribution in [2.24, 2.45) is 0 Å². The number of amides is 1. The molecule has 0 aliphatic carbocycles. The molecule has 1 amide bonds. The van der Waals surface area contributed by atoms with Gasteiger partial charge in [-0.05, 0) is 55.3 Å². The quantitative estimate of drug-likeness (QED) is 0.898. The molecule has 0 aliphatic rings. The second-order valence-corrected chi connectivity index (χ2v) is 8.15. The number of nitrogens with zero attached hydrogens (tertiary/aromatic N) is 1. The van der Waals surface area contributed by atoms with Crippen LogP contribution in [0.4, 0.5) is 11.4 Å². The molecular weight excluding hydrogens is 348 g/mol. The second kappa shape index (κ2) is 6.83. The molecule has 7 heteroatoms. The first-order valence-corrected chi connectivity index (χ1v) is 9.43. The normalized spacial score (nSPS) is 11.2. The SMILES string of the molecule is Cc1cc(C)cc(NC(=O)c2ccc(N(C)S(C)(=O)=O)cc2Cl)c1. The van der Waals surface area contributed by atoms with Gasteiger partial charge in [-0.15, -0.1) is 0 Å². The first-order valence-electron chi connectivity index (χ1n) is 7.21. The maximum atomic E-state index is 12.4. The number of aryl methyl sites for hydroxylation is 2. The summed E-state index contributed by atoms with van der Waals surface area (Å²) < 4.78 is 24.2. The van der Waals surface area contributed by atoms with Crippen LogP contribution < -0.4 is 9.62 Å². The summed E-state index contributed by atoms with van der Waals surface area (Å²) in [6.07, 6.45) is 1.10. The molecule has 0 aliphatic heterocycles. The lowest BCUT2D eigenvalue weighted by atomic mass is 10.1. The van der Waals surface area contributed by atoms with Crippen molar-refractivity contribution >= 4 is 38.9 Å². The van der Waals surface area contributed by atoms with Crippen molar-refractivity contribution in [1.29, 1.82) is 0 Å². The fraction of sp³-hybridized carbons (Fsp3) is 0.235. The number of anilines is 2. The standard InChI is InChI=1S/C17H19ClN2O3S/c1-11-7-12(2)9-13(8-11)19-17(21)15-6-5-14(10-16(15)18)20(3)24(4,22)23/h5-10H,1-4H3,(H,19,21). The maximum absolute atomic E-state index is 12.4. The molecule has 128 valence electrons. The number of carbonyl (C=O) groups is 1. The summed E-state index contributed by atoms with van der Waals surface area (Å²) in [5.41, 5.74) is 3.45. The molecule has 5 nitrogen and oxygen atoms in total. The number of sulfonamides is 1. The van der Waals surface area contributed by atoms with Crippen LogP contribution in [-0.4, -0.2) is 27.6 Å². The van der Waals surface area contributed by atoms with Gasteiger partial charge in [0.05, 0.1) is 22.5 Å². The molecule has 1 N–H and O–H groups in total. The Kier molecular flexibility index (Phi) is 5.20. The number of rotatable bonds is 4. The van der Waals surface area contributed by atoms with E-state index in [2.05, 4.69) is 5.32 Å². The topological polar surface area (TPSA) is 66.5 Å². The highest BCUT2D eigenvalue weighted by Gasteiger charge is 2.16. The molecule has 0 radical (unpaired) electrons. The Hall–Kier alpha value is -2.05. The molecule has 0 atom stereocenters. The summed E-state index contributed by atoms with van der Waals surface area (Å²) in [6, 6.07) is 10.3. The van der Waals surface area contributed by atoms with Crippen molar-refractivity contribution in [2.75, 3.05) is 22.9 Å². The van der Waals surface area contributed by atoms with Gasteiger partial charge < -0.3 is 5.32 Å². The van der Waals surface area contributed by atoms with Gasteiger partial charge in [0.2, 0.25) is 10.0 Å². The molecule has 0 fully saturated rings. The average Bonchev–Trinajstić information content (AvgIpc) is 2.43. The van der Waals surface area contributed by atoms with E-state index in [-0.39, 0.29) is 16.5 Å². The van der Waals surface area contributed by atoms with E-state index in [1.165, 1.54) is 19.2 Å². The monoisotopic (exact) mass is 366 g/mol. The maximum Gasteiger partial charge on any atom is 0.257 e. The lowest BCUT2D eigenvalue weighted by Gasteiger charge is -2.17. The Morgan fingerprint density at radius 1 is 1.08 bits per heavy atom. The molecule has 0 bridgehead atoms. The van der Waals surface area contributed by atoms with E-state index in [0.29, 0.717) is 11.4 Å². The van der Waals surface area contributed by atoms with Crippen molar-refractivity contribution in [1.82, 2.24) is 0 Å². The predicted octanol–water partition coefficient (Wildman–Crippen LogP) is 3.60. The summed E-state index contributed by atoms with van der Waals surface area (Å²) in [5.74, 6) is -0.349. The van der Waals surface area contributed by atoms with Gasteiger partial charge in [0.1, 0.15) is 0 Å². The van der Waals surface area contributed by atoms with Crippen LogP contribution in [0.15, 0.2) is 36.4 Å². The molecule has 0 saturated heterocycles. The molecule has 2 aromatic carbocycles. The van der Waals surface area contributed by atoms with Gasteiger partial charge in [-0.1, -0.05) is 17.7 Å². The fourth-order valence-corrected chi connectivity index (χ4v) is 3.08. The molecular formula is C17H19ClN2O3S. The lowest BCUT2D eigenvalue weighted by molar-refractivity contribution is 0.102. The lowest BCUT2D eigenvalue weighted by Crippen LogP contribution is -2.25. The Bertz CT molecular complexity index is 874. The van der Waals surface area contributed by atoms with Crippen LogP contribution in [0.1, 0.15) is 21.5 Å². The molecule has 0 heterocycles. The van der Waals surface area contributed by atoms with Gasteiger partial charge in [-0.25, -0.2) is 8.42 Å². The van der Waals surface area contributed by atoms with Crippen LogP contribution >= 0.6 is 11.6 Å². The Morgan fingerprint density at radius 2 is 1.67 bits per heavy atom. The number of hydrogen-bond donors (Lipinski definition) is 1. The van der Waals surface area contributed by atoms with Gasteiger partial charge in [-0.2, -0.15) is 0 Å². The van der Waals surface area contributed by atoms with E-state index in [0.717, 1.165) is 21.7 Å². The van der Waals surface area contributed by atoms with Crippen LogP contribution in [0.25, 0.3) is 0 Å². The fourth-order valence-electron chi connectivity index (χ4n) is 2.32. The molecule has 0 unspecified atom stereocenters. The molecule has 0 spiro atoms. The summed E-state index contributed by atoms with van der Waals surface area (Å²) in [6.45, 7) is 3.90. The zero-order chi connectivity index (χ0) is 18.1. The van der Waals surface area contributed by atoms with Gasteiger partial charge in [0.15, 0.2) is 0 Å². The summed E-state index contributed by atoms with van der Waals surface area (Å²) in [4.78, 5) is 12.4. The smallest absolute Gasteiger partial charge is 0.257 e. The van der Waals surface area contributed by atoms with Crippen LogP contribution in [-0.2, 0) is 10.0 Å². The van der Waals surface area contributed by atoms with Crippen LogP contribution in [0, 0.1) is 13.8 Å². The highest BCUT2D eigenvalue weighted by molar-refractivity contribution is 7.92. The highest BCUT2D eigenvalue weighted by atomic mass is 35.5. The van der Waals surface area contributed by atoms with Crippen molar-refractivity contribution in [2.45, 2.75) is 13.8 Å². The minimum Gasteiger partial charge on any atom is -0.322 e. The van der Waals surface area contributed by atoms with E-state index in [1.54, 1.807) is 6.07 Å². The van der Waals surface area contributed by atoms with E-state index < -0.39 is 10.0 Å². The predicted molar refractivity (Wildman–Crippen MR) is 98.6 cm³/mol. The summed E-state index contributed by atoms with van der Waals surface area (Å²) in [7, 11) is -1.96. The molecule has 0 aromatic heterocycles. The number of nitrogens with one attached hydrogen (secondary N) is 1. The number of benzene rings is 2. The third-order valence-corrected chi connectivity index (χ3v) is 5.06.